The van der Waals surface area contributed by atoms with E-state index >= 15 is 0 Å². The maximum atomic E-state index is 5.84. The standard InChI is InChI=1S/C13H22N4/c1-9-5-4-6-11(7-9)17(3)13-10(2)12(14)15-8-16-13/h8-9,11H,4-7H2,1-3H3,(H2,14,15,16). The molecule has 1 aromatic heterocycles. The van der Waals surface area contributed by atoms with Crippen LogP contribution in [0, 0.1) is 12.8 Å². The number of aromatic nitrogens is 2. The first-order valence-electron chi connectivity index (χ1n) is 6.39. The third-order valence-electron chi connectivity index (χ3n) is 3.89. The van der Waals surface area contributed by atoms with Gasteiger partial charge >= 0.3 is 0 Å². The van der Waals surface area contributed by atoms with Gasteiger partial charge in [0.25, 0.3) is 0 Å². The van der Waals surface area contributed by atoms with Crippen LogP contribution in [0.3, 0.4) is 0 Å². The lowest BCUT2D eigenvalue weighted by Crippen LogP contribution is -2.36. The maximum absolute atomic E-state index is 5.84. The fraction of sp³-hybridized carbons (Fsp3) is 0.692. The fourth-order valence-electron chi connectivity index (χ4n) is 2.74. The quantitative estimate of drug-likeness (QED) is 0.853. The van der Waals surface area contributed by atoms with Crippen molar-refractivity contribution in [1.29, 1.82) is 0 Å². The van der Waals surface area contributed by atoms with E-state index in [9.17, 15) is 0 Å². The number of nitrogens with zero attached hydrogens (tertiary/aromatic N) is 3. The van der Waals surface area contributed by atoms with E-state index in [1.807, 2.05) is 6.92 Å². The summed E-state index contributed by atoms with van der Waals surface area (Å²) in [7, 11) is 2.12. The first-order chi connectivity index (χ1) is 8.09. The Bertz CT molecular complexity index is 391. The zero-order valence-electron chi connectivity index (χ0n) is 11.0. The highest BCUT2D eigenvalue weighted by Crippen LogP contribution is 2.30. The molecule has 1 fully saturated rings. The van der Waals surface area contributed by atoms with Gasteiger partial charge in [-0.05, 0) is 25.7 Å². The summed E-state index contributed by atoms with van der Waals surface area (Å²) >= 11 is 0. The lowest BCUT2D eigenvalue weighted by Gasteiger charge is -2.35. The molecule has 0 saturated heterocycles. The van der Waals surface area contributed by atoms with Gasteiger partial charge in [0.2, 0.25) is 0 Å². The van der Waals surface area contributed by atoms with Crippen LogP contribution in [-0.4, -0.2) is 23.1 Å². The highest BCUT2D eigenvalue weighted by molar-refractivity contribution is 5.55. The largest absolute Gasteiger partial charge is 0.383 e. The number of nitrogens with two attached hydrogens (primary N) is 1. The minimum absolute atomic E-state index is 0.589. The zero-order chi connectivity index (χ0) is 12.4. The first-order valence-corrected chi connectivity index (χ1v) is 6.39. The van der Waals surface area contributed by atoms with E-state index in [-0.39, 0.29) is 0 Å². The Labute approximate surface area is 103 Å². The van der Waals surface area contributed by atoms with Gasteiger partial charge in [-0.25, -0.2) is 9.97 Å². The summed E-state index contributed by atoms with van der Waals surface area (Å²) in [6.45, 7) is 4.33. The summed E-state index contributed by atoms with van der Waals surface area (Å²) in [6, 6.07) is 0.590. The summed E-state index contributed by atoms with van der Waals surface area (Å²) in [5, 5.41) is 0. The molecule has 0 bridgehead atoms. The molecule has 2 N–H and O–H groups in total. The molecule has 2 rings (SSSR count). The monoisotopic (exact) mass is 234 g/mol. The molecule has 1 heterocycles. The van der Waals surface area contributed by atoms with Crippen LogP contribution in [0.25, 0.3) is 0 Å². The smallest absolute Gasteiger partial charge is 0.137 e. The Morgan fingerprint density at radius 2 is 2.12 bits per heavy atom. The van der Waals surface area contributed by atoms with E-state index in [0.29, 0.717) is 11.9 Å². The van der Waals surface area contributed by atoms with Crippen molar-refractivity contribution in [1.82, 2.24) is 9.97 Å². The number of hydrogen-bond donors (Lipinski definition) is 1. The molecule has 17 heavy (non-hydrogen) atoms. The van der Waals surface area contributed by atoms with Crippen molar-refractivity contribution >= 4 is 11.6 Å². The molecule has 2 atom stereocenters. The van der Waals surface area contributed by atoms with Crippen molar-refractivity contribution in [2.45, 2.75) is 45.6 Å². The van der Waals surface area contributed by atoms with E-state index in [1.54, 1.807) is 6.33 Å². The van der Waals surface area contributed by atoms with Crippen molar-refractivity contribution < 1.29 is 0 Å². The number of hydrogen-bond acceptors (Lipinski definition) is 4. The third-order valence-corrected chi connectivity index (χ3v) is 3.89. The number of anilines is 2. The Balaban J connectivity index is 2.18. The summed E-state index contributed by atoms with van der Waals surface area (Å²) in [4.78, 5) is 10.7. The second kappa shape index (κ2) is 4.90. The van der Waals surface area contributed by atoms with Crippen LogP contribution in [0.15, 0.2) is 6.33 Å². The average molecular weight is 234 g/mol. The molecule has 0 aliphatic heterocycles. The van der Waals surface area contributed by atoms with Crippen LogP contribution in [0.4, 0.5) is 11.6 Å². The summed E-state index contributed by atoms with van der Waals surface area (Å²) in [6.07, 6.45) is 6.73. The minimum atomic E-state index is 0.589. The molecule has 1 aliphatic rings. The van der Waals surface area contributed by atoms with Gasteiger partial charge in [-0.15, -0.1) is 0 Å². The molecule has 2 unspecified atom stereocenters. The van der Waals surface area contributed by atoms with Crippen molar-refractivity contribution in [3.63, 3.8) is 0 Å². The SMILES string of the molecule is Cc1c(N)ncnc1N(C)C1CCCC(C)C1. The topological polar surface area (TPSA) is 55.0 Å². The van der Waals surface area contributed by atoms with E-state index in [2.05, 4.69) is 28.8 Å². The predicted molar refractivity (Wildman–Crippen MR) is 71.0 cm³/mol. The average Bonchev–Trinajstić information content (AvgIpc) is 2.32. The van der Waals surface area contributed by atoms with E-state index < -0.39 is 0 Å². The Hall–Kier alpha value is -1.32. The lowest BCUT2D eigenvalue weighted by atomic mass is 9.86. The number of nitrogen functional groups attached to an aromatic ring is 1. The Morgan fingerprint density at radius 1 is 1.35 bits per heavy atom. The molecule has 0 amide bonds. The zero-order valence-corrected chi connectivity index (χ0v) is 11.0. The van der Waals surface area contributed by atoms with Crippen LogP contribution in [0.5, 0.6) is 0 Å². The molecule has 1 aromatic rings. The van der Waals surface area contributed by atoms with Gasteiger partial charge in [0.05, 0.1) is 0 Å². The van der Waals surface area contributed by atoms with E-state index in [0.717, 1.165) is 17.3 Å². The molecular weight excluding hydrogens is 212 g/mol. The third kappa shape index (κ3) is 2.51. The summed E-state index contributed by atoms with van der Waals surface area (Å²) in [5.74, 6) is 2.39. The van der Waals surface area contributed by atoms with Crippen LogP contribution >= 0.6 is 0 Å². The fourth-order valence-corrected chi connectivity index (χ4v) is 2.74. The van der Waals surface area contributed by atoms with E-state index in [1.165, 1.54) is 25.7 Å². The van der Waals surface area contributed by atoms with E-state index in [4.69, 9.17) is 5.73 Å². The van der Waals surface area contributed by atoms with Gasteiger partial charge < -0.3 is 10.6 Å². The molecule has 4 nitrogen and oxygen atoms in total. The molecule has 1 saturated carbocycles. The predicted octanol–water partition coefficient (Wildman–Crippen LogP) is 2.38. The molecule has 0 radical (unpaired) electrons. The second-order valence-corrected chi connectivity index (χ2v) is 5.24. The van der Waals surface area contributed by atoms with Gasteiger partial charge in [0, 0.05) is 18.7 Å². The van der Waals surface area contributed by atoms with Gasteiger partial charge in [0.1, 0.15) is 18.0 Å². The molecule has 94 valence electrons. The van der Waals surface area contributed by atoms with Gasteiger partial charge in [0.15, 0.2) is 0 Å². The minimum Gasteiger partial charge on any atom is -0.383 e. The van der Waals surface area contributed by atoms with Crippen molar-refractivity contribution in [3.8, 4) is 0 Å². The molecule has 4 heteroatoms. The number of rotatable bonds is 2. The first kappa shape index (κ1) is 12.1. The normalized spacial score (nSPS) is 24.6. The van der Waals surface area contributed by atoms with Crippen LogP contribution in [-0.2, 0) is 0 Å². The highest BCUT2D eigenvalue weighted by atomic mass is 15.2. The maximum Gasteiger partial charge on any atom is 0.137 e. The molecule has 0 aromatic carbocycles. The second-order valence-electron chi connectivity index (χ2n) is 5.24. The van der Waals surface area contributed by atoms with Gasteiger partial charge in [-0.2, -0.15) is 0 Å². The van der Waals surface area contributed by atoms with Crippen LogP contribution < -0.4 is 10.6 Å². The molecular formula is C13H22N4. The molecule has 0 spiro atoms. The summed E-state index contributed by atoms with van der Waals surface area (Å²) in [5.41, 5.74) is 6.83. The lowest BCUT2D eigenvalue weighted by molar-refractivity contribution is 0.335. The van der Waals surface area contributed by atoms with Crippen molar-refractivity contribution in [2.24, 2.45) is 5.92 Å². The van der Waals surface area contributed by atoms with Crippen LogP contribution in [0.1, 0.15) is 38.2 Å². The summed E-state index contributed by atoms with van der Waals surface area (Å²) < 4.78 is 0. The molecule has 1 aliphatic carbocycles. The van der Waals surface area contributed by atoms with Crippen LogP contribution in [0.2, 0.25) is 0 Å². The van der Waals surface area contributed by atoms with Crippen molar-refractivity contribution in [2.75, 3.05) is 17.7 Å². The Morgan fingerprint density at radius 3 is 2.82 bits per heavy atom. The highest BCUT2D eigenvalue weighted by Gasteiger charge is 2.24. The van der Waals surface area contributed by atoms with Gasteiger partial charge in [-0.3, -0.25) is 0 Å². The Kier molecular flexibility index (Phi) is 3.50. The van der Waals surface area contributed by atoms with Gasteiger partial charge in [-0.1, -0.05) is 19.8 Å². The van der Waals surface area contributed by atoms with Crippen molar-refractivity contribution in [3.05, 3.63) is 11.9 Å².